The van der Waals surface area contributed by atoms with Gasteiger partial charge >= 0.3 is 0 Å². The fourth-order valence-electron chi connectivity index (χ4n) is 3.52. The van der Waals surface area contributed by atoms with Crippen LogP contribution in [-0.4, -0.2) is 19.1 Å². The highest BCUT2D eigenvalue weighted by molar-refractivity contribution is 7.89. The van der Waals surface area contributed by atoms with Gasteiger partial charge in [0.25, 0.3) is 0 Å². The van der Waals surface area contributed by atoms with Crippen LogP contribution in [0.3, 0.4) is 0 Å². The SMILES string of the molecule is C=CCCC(O)(CCC=C)[C@H](c1cc(Cl)ccc1S(N)(=O)=O)[C@@H](C)CC. The summed E-state index contributed by atoms with van der Waals surface area (Å²) in [6.07, 6.45) is 6.45. The molecular formula is C20H30ClNO3S. The molecule has 0 unspecified atom stereocenters. The molecule has 146 valence electrons. The molecule has 0 heterocycles. The molecule has 1 aromatic rings. The highest BCUT2D eigenvalue weighted by Crippen LogP contribution is 2.45. The van der Waals surface area contributed by atoms with Gasteiger partial charge in [0.05, 0.1) is 10.5 Å². The Labute approximate surface area is 162 Å². The normalized spacial score (nSPS) is 14.7. The van der Waals surface area contributed by atoms with Gasteiger partial charge in [0.1, 0.15) is 0 Å². The van der Waals surface area contributed by atoms with Crippen LogP contribution >= 0.6 is 11.6 Å². The summed E-state index contributed by atoms with van der Waals surface area (Å²) in [5.41, 5.74) is -0.646. The Morgan fingerprint density at radius 3 is 2.23 bits per heavy atom. The van der Waals surface area contributed by atoms with Crippen LogP contribution in [0.15, 0.2) is 48.4 Å². The summed E-state index contributed by atoms with van der Waals surface area (Å²) in [7, 11) is -3.95. The van der Waals surface area contributed by atoms with Gasteiger partial charge in [-0.15, -0.1) is 13.2 Å². The number of rotatable bonds is 11. The van der Waals surface area contributed by atoms with Gasteiger partial charge in [-0.2, -0.15) is 0 Å². The monoisotopic (exact) mass is 399 g/mol. The molecule has 1 rings (SSSR count). The fourth-order valence-corrected chi connectivity index (χ4v) is 4.48. The van der Waals surface area contributed by atoms with Crippen LogP contribution in [0.2, 0.25) is 5.02 Å². The van der Waals surface area contributed by atoms with Crippen molar-refractivity contribution < 1.29 is 13.5 Å². The van der Waals surface area contributed by atoms with Crippen molar-refractivity contribution >= 4 is 21.6 Å². The third kappa shape index (κ3) is 5.68. The third-order valence-corrected chi connectivity index (χ3v) is 6.19. The highest BCUT2D eigenvalue weighted by Gasteiger charge is 2.41. The predicted molar refractivity (Wildman–Crippen MR) is 109 cm³/mol. The van der Waals surface area contributed by atoms with Gasteiger partial charge in [0.15, 0.2) is 0 Å². The van der Waals surface area contributed by atoms with Crippen molar-refractivity contribution in [1.29, 1.82) is 0 Å². The summed E-state index contributed by atoms with van der Waals surface area (Å²) in [4.78, 5) is 0.0165. The van der Waals surface area contributed by atoms with Crippen LogP contribution in [-0.2, 0) is 10.0 Å². The number of nitrogens with two attached hydrogens (primary N) is 1. The predicted octanol–water partition coefficient (Wildman–Crippen LogP) is 4.78. The molecule has 0 aliphatic heterocycles. The van der Waals surface area contributed by atoms with Gasteiger partial charge in [0, 0.05) is 10.9 Å². The molecule has 0 aliphatic rings. The van der Waals surface area contributed by atoms with E-state index in [1.807, 2.05) is 13.8 Å². The molecule has 0 bridgehead atoms. The molecule has 0 aliphatic carbocycles. The minimum absolute atomic E-state index is 0.0165. The largest absolute Gasteiger partial charge is 0.389 e. The molecule has 4 nitrogen and oxygen atoms in total. The summed E-state index contributed by atoms with van der Waals surface area (Å²) in [6.45, 7) is 11.5. The number of primary sulfonamides is 1. The Morgan fingerprint density at radius 2 is 1.81 bits per heavy atom. The molecule has 6 heteroatoms. The van der Waals surface area contributed by atoms with Gasteiger partial charge in [-0.1, -0.05) is 44.0 Å². The second kappa shape index (κ2) is 9.70. The first-order chi connectivity index (χ1) is 12.1. The molecule has 3 N–H and O–H groups in total. The second-order valence-corrected chi connectivity index (χ2v) is 8.81. The number of hydrogen-bond acceptors (Lipinski definition) is 3. The van der Waals surface area contributed by atoms with Gasteiger partial charge in [0.2, 0.25) is 10.0 Å². The fraction of sp³-hybridized carbons (Fsp3) is 0.500. The molecular weight excluding hydrogens is 370 g/mol. The summed E-state index contributed by atoms with van der Waals surface area (Å²) >= 11 is 6.17. The standard InChI is InChI=1S/C20H30ClNO3S/c1-5-8-12-20(23,13-9-6-2)19(15(4)7-3)17-14-16(21)10-11-18(17)26(22,24)25/h5-6,10-11,14-15,19,23H,1-2,7-9,12-13H2,3-4H3,(H2,22,24,25)/t15-,19-/m0/s1. The van der Waals surface area contributed by atoms with Gasteiger partial charge in [-0.05, 0) is 55.4 Å². The lowest BCUT2D eigenvalue weighted by molar-refractivity contribution is -0.0208. The lowest BCUT2D eigenvalue weighted by atomic mass is 9.69. The third-order valence-electron chi connectivity index (χ3n) is 4.97. The van der Waals surface area contributed by atoms with E-state index < -0.39 is 21.5 Å². The maximum atomic E-state index is 12.2. The molecule has 0 saturated heterocycles. The van der Waals surface area contributed by atoms with E-state index in [1.165, 1.54) is 12.1 Å². The number of aliphatic hydroxyl groups is 1. The Bertz CT molecular complexity index is 719. The van der Waals surface area contributed by atoms with Gasteiger partial charge < -0.3 is 5.11 Å². The average molecular weight is 400 g/mol. The van der Waals surface area contributed by atoms with E-state index in [1.54, 1.807) is 18.2 Å². The number of halogens is 1. The van der Waals surface area contributed by atoms with Crippen molar-refractivity contribution in [1.82, 2.24) is 0 Å². The molecule has 1 aromatic carbocycles. The second-order valence-electron chi connectivity index (χ2n) is 6.85. The molecule has 2 atom stereocenters. The topological polar surface area (TPSA) is 80.4 Å². The Kier molecular flexibility index (Phi) is 8.54. The first-order valence-electron chi connectivity index (χ1n) is 8.87. The smallest absolute Gasteiger partial charge is 0.238 e. The molecule has 0 aromatic heterocycles. The summed E-state index contributed by atoms with van der Waals surface area (Å²) in [5.74, 6) is -0.409. The van der Waals surface area contributed by atoms with Crippen molar-refractivity contribution in [2.45, 2.75) is 62.4 Å². The molecule has 0 saturated carbocycles. The first kappa shape index (κ1) is 22.9. The zero-order valence-electron chi connectivity index (χ0n) is 15.6. The number of benzene rings is 1. The van der Waals surface area contributed by atoms with E-state index in [4.69, 9.17) is 16.7 Å². The minimum atomic E-state index is -3.95. The average Bonchev–Trinajstić information content (AvgIpc) is 2.57. The van der Waals surface area contributed by atoms with Crippen molar-refractivity contribution in [3.8, 4) is 0 Å². The van der Waals surface area contributed by atoms with Gasteiger partial charge in [-0.25, -0.2) is 13.6 Å². The van der Waals surface area contributed by atoms with E-state index in [-0.39, 0.29) is 10.8 Å². The van der Waals surface area contributed by atoms with Crippen LogP contribution in [0.4, 0.5) is 0 Å². The van der Waals surface area contributed by atoms with E-state index in [2.05, 4.69) is 13.2 Å². The van der Waals surface area contributed by atoms with Crippen LogP contribution in [0, 0.1) is 5.92 Å². The van der Waals surface area contributed by atoms with Crippen molar-refractivity contribution in [3.63, 3.8) is 0 Å². The Balaban J connectivity index is 3.65. The van der Waals surface area contributed by atoms with Crippen LogP contribution in [0.25, 0.3) is 0 Å². The summed E-state index contributed by atoms with van der Waals surface area (Å²) in [6, 6.07) is 4.54. The first-order valence-corrected chi connectivity index (χ1v) is 10.8. The molecule has 0 spiro atoms. The number of allylic oxidation sites excluding steroid dienone is 2. The quantitative estimate of drug-likeness (QED) is 0.525. The lowest BCUT2D eigenvalue weighted by Gasteiger charge is -2.41. The zero-order valence-corrected chi connectivity index (χ0v) is 17.2. The Hall–Kier alpha value is -1.14. The number of sulfonamides is 1. The van der Waals surface area contributed by atoms with Gasteiger partial charge in [-0.3, -0.25) is 0 Å². The lowest BCUT2D eigenvalue weighted by Crippen LogP contribution is -2.40. The van der Waals surface area contributed by atoms with Crippen LogP contribution in [0.1, 0.15) is 57.4 Å². The molecule has 0 amide bonds. The highest BCUT2D eigenvalue weighted by atomic mass is 35.5. The molecule has 0 radical (unpaired) electrons. The Morgan fingerprint density at radius 1 is 1.27 bits per heavy atom. The van der Waals surface area contributed by atoms with Crippen LogP contribution in [0.5, 0.6) is 0 Å². The maximum Gasteiger partial charge on any atom is 0.238 e. The minimum Gasteiger partial charge on any atom is -0.389 e. The van der Waals surface area contributed by atoms with Crippen molar-refractivity contribution in [2.24, 2.45) is 11.1 Å². The van der Waals surface area contributed by atoms with Crippen LogP contribution < -0.4 is 5.14 Å². The summed E-state index contributed by atoms with van der Waals surface area (Å²) < 4.78 is 24.3. The molecule has 0 fully saturated rings. The maximum absolute atomic E-state index is 12.2. The van der Waals surface area contributed by atoms with E-state index in [0.717, 1.165) is 6.42 Å². The zero-order chi connectivity index (χ0) is 20.0. The van der Waals surface area contributed by atoms with Crippen molar-refractivity contribution in [2.75, 3.05) is 0 Å². The van der Waals surface area contributed by atoms with Crippen molar-refractivity contribution in [3.05, 3.63) is 54.1 Å². The number of hydrogen-bond donors (Lipinski definition) is 2. The van der Waals surface area contributed by atoms with E-state index >= 15 is 0 Å². The van der Waals surface area contributed by atoms with E-state index in [9.17, 15) is 13.5 Å². The molecule has 26 heavy (non-hydrogen) atoms. The van der Waals surface area contributed by atoms with E-state index in [0.29, 0.717) is 36.3 Å². The summed E-state index contributed by atoms with van der Waals surface area (Å²) in [5, 5.41) is 17.5.